The summed E-state index contributed by atoms with van der Waals surface area (Å²) >= 11 is 0. The topological polar surface area (TPSA) is 45.3 Å². The van der Waals surface area contributed by atoms with Crippen LogP contribution < -0.4 is 0 Å². The highest BCUT2D eigenvalue weighted by molar-refractivity contribution is 5.93. The van der Waals surface area contributed by atoms with Gasteiger partial charge in [-0.15, -0.1) is 0 Å². The van der Waals surface area contributed by atoms with E-state index in [4.69, 9.17) is 4.74 Å². The summed E-state index contributed by atoms with van der Waals surface area (Å²) < 4.78 is 6.06. The molecule has 0 saturated carbocycles. The Morgan fingerprint density at radius 3 is 2.65 bits per heavy atom. The fourth-order valence-electron chi connectivity index (χ4n) is 4.86. The van der Waals surface area contributed by atoms with E-state index in [0.29, 0.717) is 6.42 Å². The molecule has 4 rings (SSSR count). The van der Waals surface area contributed by atoms with E-state index in [1.54, 1.807) is 0 Å². The minimum absolute atomic E-state index is 0.0550. The van der Waals surface area contributed by atoms with Crippen molar-refractivity contribution in [2.75, 3.05) is 19.7 Å². The number of aromatic nitrogens is 1. The van der Waals surface area contributed by atoms with Gasteiger partial charge in [-0.05, 0) is 69.6 Å². The molecule has 4 nitrogen and oxygen atoms in total. The Bertz CT molecular complexity index is 830. The quantitative estimate of drug-likeness (QED) is 0.878. The number of nitrogens with one attached hydrogen (secondary N) is 1. The number of hydrogen-bond donors (Lipinski definition) is 1. The molecule has 4 heteroatoms. The number of carbonyl (C=O) groups is 1. The van der Waals surface area contributed by atoms with Crippen molar-refractivity contribution in [3.05, 3.63) is 34.5 Å². The maximum atomic E-state index is 13.1. The standard InChI is InChI=1S/C22H30N2O2/c1-15-6-7-16(2)21-20(15)18(17(3)23-21)14-19(25)24-11-4-8-22(10-12-24)9-5-13-26-22/h6-7,23H,4-5,8-14H2,1-3H3/t22-/m1/s1. The third-order valence-corrected chi connectivity index (χ3v) is 6.45. The zero-order valence-corrected chi connectivity index (χ0v) is 16.3. The van der Waals surface area contributed by atoms with E-state index in [0.717, 1.165) is 51.1 Å². The summed E-state index contributed by atoms with van der Waals surface area (Å²) in [6.45, 7) is 8.93. The van der Waals surface area contributed by atoms with Gasteiger partial charge in [0.25, 0.3) is 0 Å². The highest BCUT2D eigenvalue weighted by Gasteiger charge is 2.37. The molecule has 2 aromatic rings. The third kappa shape index (κ3) is 3.05. The second kappa shape index (κ2) is 6.73. The Balaban J connectivity index is 1.54. The predicted octanol–water partition coefficient (Wildman–Crippen LogP) is 4.20. The highest BCUT2D eigenvalue weighted by Crippen LogP contribution is 2.36. The molecule has 2 fully saturated rings. The van der Waals surface area contributed by atoms with Gasteiger partial charge in [-0.2, -0.15) is 0 Å². The van der Waals surface area contributed by atoms with Crippen LogP contribution in [-0.4, -0.2) is 41.1 Å². The molecule has 140 valence electrons. The zero-order chi connectivity index (χ0) is 18.3. The molecule has 0 unspecified atom stereocenters. The van der Waals surface area contributed by atoms with Crippen molar-refractivity contribution in [2.24, 2.45) is 0 Å². The van der Waals surface area contributed by atoms with Crippen LogP contribution in [0.15, 0.2) is 12.1 Å². The predicted molar refractivity (Wildman–Crippen MR) is 105 cm³/mol. The van der Waals surface area contributed by atoms with Crippen molar-refractivity contribution in [2.45, 2.75) is 64.9 Å². The fourth-order valence-corrected chi connectivity index (χ4v) is 4.86. The van der Waals surface area contributed by atoms with Crippen molar-refractivity contribution in [1.82, 2.24) is 9.88 Å². The molecular formula is C22H30N2O2. The number of carbonyl (C=O) groups excluding carboxylic acids is 1. The summed E-state index contributed by atoms with van der Waals surface area (Å²) in [6.07, 6.45) is 5.96. The second-order valence-electron chi connectivity index (χ2n) is 8.22. The molecule has 0 radical (unpaired) electrons. The van der Waals surface area contributed by atoms with Crippen LogP contribution in [0.2, 0.25) is 0 Å². The van der Waals surface area contributed by atoms with Crippen molar-refractivity contribution in [3.8, 4) is 0 Å². The lowest BCUT2D eigenvalue weighted by Crippen LogP contribution is -2.35. The van der Waals surface area contributed by atoms with E-state index >= 15 is 0 Å². The number of nitrogens with zero attached hydrogens (tertiary/aromatic N) is 1. The Labute approximate surface area is 155 Å². The van der Waals surface area contributed by atoms with Crippen molar-refractivity contribution < 1.29 is 9.53 Å². The van der Waals surface area contributed by atoms with Gasteiger partial charge >= 0.3 is 0 Å². The van der Waals surface area contributed by atoms with Gasteiger partial charge in [-0.3, -0.25) is 4.79 Å². The lowest BCUT2D eigenvalue weighted by molar-refractivity contribution is -0.130. The number of aryl methyl sites for hydroxylation is 3. The number of hydrogen-bond acceptors (Lipinski definition) is 2. The van der Waals surface area contributed by atoms with Gasteiger partial charge in [-0.1, -0.05) is 12.1 Å². The number of rotatable bonds is 2. The van der Waals surface area contributed by atoms with Crippen LogP contribution in [0.4, 0.5) is 0 Å². The monoisotopic (exact) mass is 354 g/mol. The maximum Gasteiger partial charge on any atom is 0.227 e. The van der Waals surface area contributed by atoms with Gasteiger partial charge in [0, 0.05) is 36.3 Å². The minimum atomic E-state index is 0.0550. The molecule has 26 heavy (non-hydrogen) atoms. The van der Waals surface area contributed by atoms with E-state index < -0.39 is 0 Å². The first-order chi connectivity index (χ1) is 12.5. The summed E-state index contributed by atoms with van der Waals surface area (Å²) in [6, 6.07) is 4.31. The molecule has 2 saturated heterocycles. The van der Waals surface area contributed by atoms with Crippen LogP contribution in [0.1, 0.15) is 54.5 Å². The first-order valence-corrected chi connectivity index (χ1v) is 9.98. The summed E-state index contributed by atoms with van der Waals surface area (Å²) in [5.41, 5.74) is 6.01. The fraction of sp³-hybridized carbons (Fsp3) is 0.591. The molecule has 1 N–H and O–H groups in total. The Hall–Kier alpha value is -1.81. The lowest BCUT2D eigenvalue weighted by Gasteiger charge is -2.27. The Kier molecular flexibility index (Phi) is 4.55. The Morgan fingerprint density at radius 1 is 1.12 bits per heavy atom. The van der Waals surface area contributed by atoms with E-state index in [2.05, 4.69) is 42.8 Å². The largest absolute Gasteiger partial charge is 0.375 e. The molecule has 1 atom stereocenters. The Morgan fingerprint density at radius 2 is 1.88 bits per heavy atom. The molecule has 0 aliphatic carbocycles. The number of likely N-dealkylation sites (tertiary alicyclic amines) is 1. The zero-order valence-electron chi connectivity index (χ0n) is 16.3. The molecule has 2 aliphatic heterocycles. The number of benzene rings is 1. The summed E-state index contributed by atoms with van der Waals surface area (Å²) in [7, 11) is 0. The molecule has 1 spiro atoms. The van der Waals surface area contributed by atoms with Crippen molar-refractivity contribution in [1.29, 1.82) is 0 Å². The molecule has 2 aliphatic rings. The number of fused-ring (bicyclic) bond motifs is 1. The van der Waals surface area contributed by atoms with Crippen LogP contribution in [0.3, 0.4) is 0 Å². The number of ether oxygens (including phenoxy) is 1. The molecule has 1 aromatic heterocycles. The van der Waals surface area contributed by atoms with Crippen molar-refractivity contribution >= 4 is 16.8 Å². The van der Waals surface area contributed by atoms with Crippen LogP contribution in [-0.2, 0) is 16.0 Å². The first-order valence-electron chi connectivity index (χ1n) is 9.98. The van der Waals surface area contributed by atoms with E-state index in [1.807, 2.05) is 0 Å². The van der Waals surface area contributed by atoms with Gasteiger partial charge in [-0.25, -0.2) is 0 Å². The minimum Gasteiger partial charge on any atom is -0.375 e. The molecule has 0 bridgehead atoms. The van der Waals surface area contributed by atoms with Crippen LogP contribution in [0.5, 0.6) is 0 Å². The van der Waals surface area contributed by atoms with E-state index in [-0.39, 0.29) is 11.5 Å². The second-order valence-corrected chi connectivity index (χ2v) is 8.22. The smallest absolute Gasteiger partial charge is 0.227 e. The molecule has 1 amide bonds. The van der Waals surface area contributed by atoms with Crippen LogP contribution in [0.25, 0.3) is 10.9 Å². The summed E-state index contributed by atoms with van der Waals surface area (Å²) in [5.74, 6) is 0.255. The molecular weight excluding hydrogens is 324 g/mol. The molecule has 3 heterocycles. The van der Waals surface area contributed by atoms with Gasteiger partial charge in [0.15, 0.2) is 0 Å². The third-order valence-electron chi connectivity index (χ3n) is 6.45. The van der Waals surface area contributed by atoms with Crippen LogP contribution >= 0.6 is 0 Å². The van der Waals surface area contributed by atoms with E-state index in [9.17, 15) is 4.79 Å². The molecule has 1 aromatic carbocycles. The number of aromatic amines is 1. The summed E-state index contributed by atoms with van der Waals surface area (Å²) in [4.78, 5) is 18.7. The SMILES string of the molecule is Cc1[nH]c2c(C)ccc(C)c2c1CC(=O)N1CCC[C@@]2(CCCO2)CC1. The van der Waals surface area contributed by atoms with Gasteiger partial charge in [0.05, 0.1) is 12.0 Å². The number of amides is 1. The highest BCUT2D eigenvalue weighted by atomic mass is 16.5. The number of H-pyrrole nitrogens is 1. The van der Waals surface area contributed by atoms with Gasteiger partial charge in [0.1, 0.15) is 0 Å². The lowest BCUT2D eigenvalue weighted by atomic mass is 9.92. The van der Waals surface area contributed by atoms with Crippen LogP contribution in [0, 0.1) is 20.8 Å². The van der Waals surface area contributed by atoms with Crippen molar-refractivity contribution in [3.63, 3.8) is 0 Å². The summed E-state index contributed by atoms with van der Waals surface area (Å²) in [5, 5.41) is 1.24. The normalized spacial score (nSPS) is 23.7. The first kappa shape index (κ1) is 17.6. The van der Waals surface area contributed by atoms with Gasteiger partial charge in [0.2, 0.25) is 5.91 Å². The maximum absolute atomic E-state index is 13.1. The van der Waals surface area contributed by atoms with E-state index in [1.165, 1.54) is 34.0 Å². The van der Waals surface area contributed by atoms with Gasteiger partial charge < -0.3 is 14.6 Å². The average Bonchev–Trinajstić information content (AvgIpc) is 3.13. The average molecular weight is 354 g/mol.